The molecule has 0 aromatic carbocycles. The highest BCUT2D eigenvalue weighted by molar-refractivity contribution is 7.90. The van der Waals surface area contributed by atoms with Gasteiger partial charge in [-0.25, -0.2) is 8.42 Å². The Labute approximate surface area is 114 Å². The lowest BCUT2D eigenvalue weighted by Gasteiger charge is -2.23. The molecule has 0 fully saturated rings. The number of amides is 2. The lowest BCUT2D eigenvalue weighted by atomic mass is 10.1. The van der Waals surface area contributed by atoms with Crippen LogP contribution in [-0.2, 0) is 19.4 Å². The topological polar surface area (TPSA) is 110 Å². The Kier molecular flexibility index (Phi) is 6.99. The molecule has 19 heavy (non-hydrogen) atoms. The predicted molar refractivity (Wildman–Crippen MR) is 73.2 cm³/mol. The number of nitrogens with zero attached hydrogens (tertiary/aromatic N) is 1. The van der Waals surface area contributed by atoms with Gasteiger partial charge >= 0.3 is 0 Å². The van der Waals surface area contributed by atoms with Crippen LogP contribution < -0.4 is 11.1 Å². The van der Waals surface area contributed by atoms with Gasteiger partial charge in [0.1, 0.15) is 9.84 Å². The van der Waals surface area contributed by atoms with Gasteiger partial charge in [0, 0.05) is 26.9 Å². The number of likely N-dealkylation sites (N-methyl/N-ethyl adjacent to an activating group) is 1. The molecule has 0 bridgehead atoms. The number of rotatable bonds is 7. The van der Waals surface area contributed by atoms with Gasteiger partial charge in [-0.15, -0.1) is 0 Å². The van der Waals surface area contributed by atoms with E-state index in [1.54, 1.807) is 14.0 Å². The van der Waals surface area contributed by atoms with Crippen LogP contribution in [0.5, 0.6) is 0 Å². The molecule has 2 atom stereocenters. The smallest absolute Gasteiger partial charge is 0.239 e. The van der Waals surface area contributed by atoms with Crippen LogP contribution in [0.2, 0.25) is 0 Å². The van der Waals surface area contributed by atoms with Gasteiger partial charge in [-0.3, -0.25) is 9.59 Å². The molecule has 0 saturated heterocycles. The van der Waals surface area contributed by atoms with Crippen molar-refractivity contribution >= 4 is 21.7 Å². The van der Waals surface area contributed by atoms with Crippen LogP contribution in [0, 0.1) is 5.92 Å². The number of nitrogens with two attached hydrogens (primary N) is 1. The number of carbonyl (C=O) groups is 2. The average molecular weight is 293 g/mol. The van der Waals surface area contributed by atoms with E-state index in [-0.39, 0.29) is 36.5 Å². The molecular weight excluding hydrogens is 270 g/mol. The summed E-state index contributed by atoms with van der Waals surface area (Å²) in [7, 11) is -0.0637. The molecule has 0 aromatic rings. The first-order valence-electron chi connectivity index (χ1n) is 5.98. The van der Waals surface area contributed by atoms with Gasteiger partial charge in [-0.1, -0.05) is 6.92 Å². The third kappa shape index (κ3) is 7.12. The summed E-state index contributed by atoms with van der Waals surface area (Å²) in [4.78, 5) is 24.6. The minimum Gasteiger partial charge on any atom is -0.359 e. The molecule has 0 saturated carbocycles. The van der Waals surface area contributed by atoms with E-state index < -0.39 is 15.9 Å². The molecule has 0 aliphatic rings. The van der Waals surface area contributed by atoms with Crippen molar-refractivity contribution in [3.05, 3.63) is 0 Å². The molecule has 8 heteroatoms. The summed E-state index contributed by atoms with van der Waals surface area (Å²) in [6.07, 6.45) is 1.18. The Hall–Kier alpha value is -1.15. The van der Waals surface area contributed by atoms with E-state index in [1.807, 2.05) is 0 Å². The fourth-order valence-electron chi connectivity index (χ4n) is 1.58. The maximum absolute atomic E-state index is 11.9. The van der Waals surface area contributed by atoms with Gasteiger partial charge in [0.15, 0.2) is 0 Å². The number of sulfone groups is 1. The van der Waals surface area contributed by atoms with Gasteiger partial charge in [-0.2, -0.15) is 0 Å². The first-order valence-corrected chi connectivity index (χ1v) is 8.04. The van der Waals surface area contributed by atoms with E-state index in [0.717, 1.165) is 6.26 Å². The maximum Gasteiger partial charge on any atom is 0.239 e. The zero-order valence-electron chi connectivity index (χ0n) is 11.8. The predicted octanol–water partition coefficient (Wildman–Crippen LogP) is -1.41. The SMILES string of the molecule is CNC(=O)C(C)CN(C)C(=O)C(N)CCS(C)(=O)=O. The van der Waals surface area contributed by atoms with Crippen molar-refractivity contribution in [3.63, 3.8) is 0 Å². The molecular formula is C11H23N3O4S. The second-order valence-corrected chi connectivity index (χ2v) is 7.02. The summed E-state index contributed by atoms with van der Waals surface area (Å²) in [6.45, 7) is 1.94. The van der Waals surface area contributed by atoms with Crippen LogP contribution in [0.25, 0.3) is 0 Å². The highest BCUT2D eigenvalue weighted by atomic mass is 32.2. The molecule has 2 unspecified atom stereocenters. The highest BCUT2D eigenvalue weighted by Gasteiger charge is 2.22. The molecule has 0 aromatic heterocycles. The summed E-state index contributed by atoms with van der Waals surface area (Å²) in [6, 6.07) is -0.864. The Morgan fingerprint density at radius 2 is 1.89 bits per heavy atom. The Morgan fingerprint density at radius 3 is 2.32 bits per heavy atom. The van der Waals surface area contributed by atoms with Gasteiger partial charge in [-0.05, 0) is 6.42 Å². The molecule has 3 N–H and O–H groups in total. The molecule has 2 amide bonds. The number of nitrogens with one attached hydrogen (secondary N) is 1. The standard InChI is InChI=1S/C11H23N3O4S/c1-8(10(15)13-2)7-14(3)11(16)9(12)5-6-19(4,17)18/h8-9H,5-7,12H2,1-4H3,(H,13,15). The molecule has 0 radical (unpaired) electrons. The fraction of sp³-hybridized carbons (Fsp3) is 0.818. The average Bonchev–Trinajstić information content (AvgIpc) is 2.32. The van der Waals surface area contributed by atoms with Crippen LogP contribution in [0.3, 0.4) is 0 Å². The van der Waals surface area contributed by atoms with E-state index in [9.17, 15) is 18.0 Å². The minimum absolute atomic E-state index is 0.0797. The molecule has 7 nitrogen and oxygen atoms in total. The van der Waals surface area contributed by atoms with Crippen molar-refractivity contribution < 1.29 is 18.0 Å². The quantitative estimate of drug-likeness (QED) is 0.599. The molecule has 0 spiro atoms. The molecule has 112 valence electrons. The van der Waals surface area contributed by atoms with E-state index in [4.69, 9.17) is 5.73 Å². The van der Waals surface area contributed by atoms with Crippen molar-refractivity contribution in [2.24, 2.45) is 11.7 Å². The van der Waals surface area contributed by atoms with E-state index >= 15 is 0 Å². The summed E-state index contributed by atoms with van der Waals surface area (Å²) in [5, 5.41) is 2.50. The summed E-state index contributed by atoms with van der Waals surface area (Å²) >= 11 is 0. The van der Waals surface area contributed by atoms with Crippen LogP contribution in [-0.4, -0.2) is 63.8 Å². The lowest BCUT2D eigenvalue weighted by Crippen LogP contribution is -2.45. The number of carbonyl (C=O) groups excluding carboxylic acids is 2. The Bertz CT molecular complexity index is 422. The highest BCUT2D eigenvalue weighted by Crippen LogP contribution is 2.03. The Balaban J connectivity index is 4.36. The second-order valence-electron chi connectivity index (χ2n) is 4.76. The van der Waals surface area contributed by atoms with Crippen LogP contribution in [0.1, 0.15) is 13.3 Å². The normalized spacial score (nSPS) is 14.6. The van der Waals surface area contributed by atoms with Crippen molar-refractivity contribution in [1.29, 1.82) is 0 Å². The third-order valence-corrected chi connectivity index (χ3v) is 3.71. The first kappa shape index (κ1) is 17.8. The monoisotopic (exact) mass is 293 g/mol. The van der Waals surface area contributed by atoms with Crippen molar-refractivity contribution in [2.45, 2.75) is 19.4 Å². The van der Waals surface area contributed by atoms with Crippen LogP contribution >= 0.6 is 0 Å². The van der Waals surface area contributed by atoms with E-state index in [2.05, 4.69) is 5.32 Å². The largest absolute Gasteiger partial charge is 0.359 e. The fourth-order valence-corrected chi connectivity index (χ4v) is 2.26. The molecule has 0 rings (SSSR count). The van der Waals surface area contributed by atoms with Gasteiger partial charge in [0.25, 0.3) is 0 Å². The van der Waals surface area contributed by atoms with Crippen LogP contribution in [0.15, 0.2) is 0 Å². The van der Waals surface area contributed by atoms with Gasteiger partial charge in [0.05, 0.1) is 17.7 Å². The second kappa shape index (κ2) is 7.44. The van der Waals surface area contributed by atoms with E-state index in [1.165, 1.54) is 11.9 Å². The van der Waals surface area contributed by atoms with Gasteiger partial charge in [0.2, 0.25) is 11.8 Å². The zero-order valence-corrected chi connectivity index (χ0v) is 12.7. The van der Waals surface area contributed by atoms with Crippen molar-refractivity contribution in [3.8, 4) is 0 Å². The van der Waals surface area contributed by atoms with Gasteiger partial charge < -0.3 is 16.0 Å². The maximum atomic E-state index is 11.9. The van der Waals surface area contributed by atoms with Crippen molar-refractivity contribution in [2.75, 3.05) is 32.6 Å². The minimum atomic E-state index is -3.13. The summed E-state index contributed by atoms with van der Waals surface area (Å²) < 4.78 is 22.0. The summed E-state index contributed by atoms with van der Waals surface area (Å²) in [5.74, 6) is -0.997. The third-order valence-electron chi connectivity index (χ3n) is 2.73. The summed E-state index contributed by atoms with van der Waals surface area (Å²) in [5.41, 5.74) is 5.65. The number of hydrogen-bond donors (Lipinski definition) is 2. The zero-order chi connectivity index (χ0) is 15.2. The molecule has 0 heterocycles. The lowest BCUT2D eigenvalue weighted by molar-refractivity contribution is -0.133. The first-order chi connectivity index (χ1) is 8.58. The van der Waals surface area contributed by atoms with E-state index in [0.29, 0.717) is 0 Å². The molecule has 0 aliphatic carbocycles. The number of hydrogen-bond acceptors (Lipinski definition) is 5. The van der Waals surface area contributed by atoms with Crippen molar-refractivity contribution in [1.82, 2.24) is 10.2 Å². The van der Waals surface area contributed by atoms with Crippen LogP contribution in [0.4, 0.5) is 0 Å². The Morgan fingerprint density at radius 1 is 1.37 bits per heavy atom. The molecule has 0 aliphatic heterocycles.